The van der Waals surface area contributed by atoms with Gasteiger partial charge in [-0.1, -0.05) is 0 Å². The van der Waals surface area contributed by atoms with Crippen LogP contribution in [0.25, 0.3) is 0 Å². The summed E-state index contributed by atoms with van der Waals surface area (Å²) in [6.45, 7) is 3.70. The van der Waals surface area contributed by atoms with E-state index in [2.05, 4.69) is 0 Å². The minimum atomic E-state index is -2.32. The highest BCUT2D eigenvalue weighted by Gasteiger charge is 2.36. The van der Waals surface area contributed by atoms with Crippen LogP contribution in [0.3, 0.4) is 0 Å². The number of ketones is 1. The van der Waals surface area contributed by atoms with E-state index in [0.717, 1.165) is 12.5 Å². The average molecular weight is 237 g/mol. The second-order valence-electron chi connectivity index (χ2n) is 3.10. The van der Waals surface area contributed by atoms with Crippen LogP contribution in [0.1, 0.15) is 20.3 Å². The molecule has 0 radical (unpaired) electrons. The van der Waals surface area contributed by atoms with Gasteiger partial charge in [0, 0.05) is 27.4 Å². The van der Waals surface area contributed by atoms with Crippen molar-refractivity contribution in [3.8, 4) is 0 Å². The normalized spacial score (nSPS) is 10.5. The summed E-state index contributed by atoms with van der Waals surface area (Å²) < 4.78 is 15.5. The second kappa shape index (κ2) is 10.3. The van der Waals surface area contributed by atoms with Crippen molar-refractivity contribution in [1.29, 1.82) is 0 Å². The Morgan fingerprint density at radius 2 is 1.47 bits per heavy atom. The van der Waals surface area contributed by atoms with Crippen molar-refractivity contribution in [2.45, 2.75) is 26.3 Å². The highest BCUT2D eigenvalue weighted by atomic mass is 28.4. The van der Waals surface area contributed by atoms with Crippen molar-refractivity contribution in [2.24, 2.45) is 5.73 Å². The maximum atomic E-state index is 9.44. The first-order valence-electron chi connectivity index (χ1n) is 4.80. The molecule has 0 aliphatic rings. The summed E-state index contributed by atoms with van der Waals surface area (Å²) in [6.07, 6.45) is 0.877. The van der Waals surface area contributed by atoms with Crippen molar-refractivity contribution >= 4 is 14.6 Å². The Balaban J connectivity index is 0. The molecular weight excluding hydrogens is 214 g/mol. The molecule has 0 aliphatic carbocycles. The third-order valence-electron chi connectivity index (χ3n) is 1.62. The number of hydrogen-bond acceptors (Lipinski definition) is 5. The second-order valence-corrected chi connectivity index (χ2v) is 6.19. The van der Waals surface area contributed by atoms with Gasteiger partial charge in [-0.3, -0.25) is 0 Å². The summed E-state index contributed by atoms with van der Waals surface area (Å²) in [7, 11) is 2.50. The fourth-order valence-corrected chi connectivity index (χ4v) is 2.62. The molecule has 0 amide bonds. The highest BCUT2D eigenvalue weighted by Crippen LogP contribution is 2.13. The van der Waals surface area contributed by atoms with Gasteiger partial charge in [0.05, 0.1) is 0 Å². The third-order valence-corrected chi connectivity index (χ3v) is 4.45. The fraction of sp³-hybridized carbons (Fsp3) is 0.889. The van der Waals surface area contributed by atoms with Crippen molar-refractivity contribution in [3.63, 3.8) is 0 Å². The Bertz CT molecular complexity index is 150. The van der Waals surface area contributed by atoms with Crippen LogP contribution in [0.2, 0.25) is 6.04 Å². The molecule has 15 heavy (non-hydrogen) atoms. The predicted molar refractivity (Wildman–Crippen MR) is 61.6 cm³/mol. The van der Waals surface area contributed by atoms with Gasteiger partial charge < -0.3 is 23.8 Å². The van der Waals surface area contributed by atoms with E-state index >= 15 is 0 Å². The molecule has 0 fully saturated rings. The largest absolute Gasteiger partial charge is 0.500 e. The Labute approximate surface area is 93.3 Å². The number of nitrogens with two attached hydrogens (primary N) is 1. The van der Waals surface area contributed by atoms with Gasteiger partial charge in [-0.25, -0.2) is 0 Å². The molecule has 0 saturated heterocycles. The summed E-state index contributed by atoms with van der Waals surface area (Å²) >= 11 is 0. The minimum Gasteiger partial charge on any atom is -0.377 e. The summed E-state index contributed by atoms with van der Waals surface area (Å²) in [6, 6.07) is 0.785. The molecule has 0 rings (SSSR count). The van der Waals surface area contributed by atoms with Crippen molar-refractivity contribution in [2.75, 3.05) is 27.9 Å². The lowest BCUT2D eigenvalue weighted by atomic mass is 10.5. The molecule has 5 nitrogen and oxygen atoms in total. The zero-order valence-electron chi connectivity index (χ0n) is 10.3. The first-order chi connectivity index (χ1) is 6.97. The van der Waals surface area contributed by atoms with E-state index in [1.807, 2.05) is 0 Å². The molecule has 0 aromatic heterocycles. The minimum absolute atomic E-state index is 0.167. The van der Waals surface area contributed by atoms with E-state index in [4.69, 9.17) is 19.0 Å². The van der Waals surface area contributed by atoms with Crippen molar-refractivity contribution in [1.82, 2.24) is 0 Å². The molecule has 2 N–H and O–H groups in total. The van der Waals surface area contributed by atoms with Gasteiger partial charge in [-0.15, -0.1) is 0 Å². The summed E-state index contributed by atoms with van der Waals surface area (Å²) in [4.78, 5) is 9.44. The van der Waals surface area contributed by atoms with Crippen LogP contribution in [0, 0.1) is 0 Å². The summed E-state index contributed by atoms with van der Waals surface area (Å²) in [5.74, 6) is 0.167. The Hall–Kier alpha value is -0.273. The standard InChI is InChI=1S/C6H17NO3Si.C3H6O/c1-8-11(9-2,10-3)6-4-5-7;1-3(2)4/h4-7H2,1-3H3;1-2H3. The van der Waals surface area contributed by atoms with Crippen LogP contribution in [0.4, 0.5) is 0 Å². The van der Waals surface area contributed by atoms with E-state index in [1.54, 1.807) is 21.3 Å². The quantitative estimate of drug-likeness (QED) is 0.692. The molecule has 0 aromatic rings. The molecule has 0 unspecified atom stereocenters. The summed E-state index contributed by atoms with van der Waals surface area (Å²) in [5, 5.41) is 0. The van der Waals surface area contributed by atoms with E-state index < -0.39 is 8.80 Å². The number of hydrogen-bond donors (Lipinski definition) is 1. The van der Waals surface area contributed by atoms with Crippen LogP contribution in [-0.4, -0.2) is 42.5 Å². The van der Waals surface area contributed by atoms with Gasteiger partial charge in [0.2, 0.25) is 0 Å². The lowest BCUT2D eigenvalue weighted by molar-refractivity contribution is -0.114. The van der Waals surface area contributed by atoms with Gasteiger partial charge in [0.15, 0.2) is 0 Å². The van der Waals surface area contributed by atoms with Gasteiger partial charge in [0.1, 0.15) is 5.78 Å². The van der Waals surface area contributed by atoms with E-state index in [-0.39, 0.29) is 5.78 Å². The number of Topliss-reactive ketones (excluding diaryl/α,β-unsaturated/α-hetero) is 1. The third kappa shape index (κ3) is 10.0. The van der Waals surface area contributed by atoms with Gasteiger partial charge in [-0.2, -0.15) is 0 Å². The molecular formula is C9H23NO4Si. The first-order valence-corrected chi connectivity index (χ1v) is 6.73. The molecule has 0 bridgehead atoms. The van der Waals surface area contributed by atoms with E-state index in [0.29, 0.717) is 6.54 Å². The zero-order valence-corrected chi connectivity index (χ0v) is 11.3. The van der Waals surface area contributed by atoms with Crippen LogP contribution in [0.15, 0.2) is 0 Å². The van der Waals surface area contributed by atoms with Crippen molar-refractivity contribution < 1.29 is 18.1 Å². The molecule has 0 aromatic carbocycles. The highest BCUT2D eigenvalue weighted by molar-refractivity contribution is 6.60. The van der Waals surface area contributed by atoms with Crippen LogP contribution in [0.5, 0.6) is 0 Å². The molecule has 0 heterocycles. The average Bonchev–Trinajstić information content (AvgIpc) is 2.20. The number of carbonyl (C=O) groups is 1. The number of carbonyl (C=O) groups excluding carboxylic acids is 1. The van der Waals surface area contributed by atoms with E-state index in [9.17, 15) is 4.79 Å². The lowest BCUT2D eigenvalue weighted by Gasteiger charge is -2.23. The molecule has 0 saturated carbocycles. The SMILES string of the molecule is CC(C)=O.CO[Si](CCCN)(OC)OC. The fourth-order valence-electron chi connectivity index (χ4n) is 0.875. The van der Waals surface area contributed by atoms with E-state index in [1.165, 1.54) is 13.8 Å². The van der Waals surface area contributed by atoms with Crippen LogP contribution < -0.4 is 5.73 Å². The Kier molecular flexibility index (Phi) is 11.7. The maximum Gasteiger partial charge on any atom is 0.500 e. The molecule has 0 atom stereocenters. The Morgan fingerprint density at radius 3 is 1.67 bits per heavy atom. The zero-order chi connectivity index (χ0) is 12.3. The summed E-state index contributed by atoms with van der Waals surface area (Å²) in [5.41, 5.74) is 5.36. The lowest BCUT2D eigenvalue weighted by Crippen LogP contribution is -2.42. The van der Waals surface area contributed by atoms with Gasteiger partial charge in [-0.05, 0) is 26.8 Å². The molecule has 6 heteroatoms. The first kappa shape index (κ1) is 17.1. The van der Waals surface area contributed by atoms with Gasteiger partial charge in [0.25, 0.3) is 0 Å². The number of rotatable bonds is 6. The molecule has 0 spiro atoms. The van der Waals surface area contributed by atoms with Crippen LogP contribution >= 0.6 is 0 Å². The topological polar surface area (TPSA) is 70.8 Å². The van der Waals surface area contributed by atoms with Crippen LogP contribution in [-0.2, 0) is 18.1 Å². The smallest absolute Gasteiger partial charge is 0.377 e. The predicted octanol–water partition coefficient (Wildman–Crippen LogP) is 0.809. The van der Waals surface area contributed by atoms with Gasteiger partial charge >= 0.3 is 8.80 Å². The molecule has 92 valence electrons. The molecule has 0 aliphatic heterocycles. The van der Waals surface area contributed by atoms with Crippen molar-refractivity contribution in [3.05, 3.63) is 0 Å². The Morgan fingerprint density at radius 1 is 1.13 bits per heavy atom. The maximum absolute atomic E-state index is 9.44. The monoisotopic (exact) mass is 237 g/mol.